The summed E-state index contributed by atoms with van der Waals surface area (Å²) in [6.07, 6.45) is 6.02. The number of hydrogen-bond acceptors (Lipinski definition) is 5. The first kappa shape index (κ1) is 18.9. The van der Waals surface area contributed by atoms with E-state index < -0.39 is 0 Å². The van der Waals surface area contributed by atoms with Crippen LogP contribution < -0.4 is 10.6 Å². The summed E-state index contributed by atoms with van der Waals surface area (Å²) in [5.41, 5.74) is 1.62. The molecular weight excluding hydrogens is 370 g/mol. The fourth-order valence-corrected chi connectivity index (χ4v) is 3.44. The van der Waals surface area contributed by atoms with Gasteiger partial charge in [-0.3, -0.25) is 9.59 Å². The molecule has 150 valence electrons. The number of carbonyl (C=O) groups is 2. The van der Waals surface area contributed by atoms with Crippen molar-refractivity contribution in [2.45, 2.75) is 38.6 Å². The van der Waals surface area contributed by atoms with Crippen LogP contribution in [0.3, 0.4) is 0 Å². The van der Waals surface area contributed by atoms with Crippen LogP contribution in [0.1, 0.15) is 42.1 Å². The predicted octanol–water partition coefficient (Wildman–Crippen LogP) is 3.02. The second-order valence-electron chi connectivity index (χ2n) is 7.01. The Morgan fingerprint density at radius 1 is 1.10 bits per heavy atom. The molecule has 1 aliphatic heterocycles. The molecule has 4 rings (SSSR count). The van der Waals surface area contributed by atoms with Gasteiger partial charge < -0.3 is 19.6 Å². The highest BCUT2D eigenvalue weighted by molar-refractivity contribution is 5.93. The van der Waals surface area contributed by atoms with Gasteiger partial charge in [0.05, 0.1) is 6.26 Å². The minimum Gasteiger partial charge on any atom is -0.459 e. The molecule has 8 nitrogen and oxygen atoms in total. The van der Waals surface area contributed by atoms with Gasteiger partial charge in [0, 0.05) is 37.2 Å². The Morgan fingerprint density at radius 3 is 2.90 bits per heavy atom. The molecule has 0 aliphatic carbocycles. The number of rotatable bonds is 6. The van der Waals surface area contributed by atoms with E-state index >= 15 is 0 Å². The fourth-order valence-electron chi connectivity index (χ4n) is 3.44. The molecule has 2 amide bonds. The summed E-state index contributed by atoms with van der Waals surface area (Å²) in [5, 5.41) is 14.2. The van der Waals surface area contributed by atoms with Crippen LogP contribution in [0.25, 0.3) is 11.4 Å². The highest BCUT2D eigenvalue weighted by Crippen LogP contribution is 2.24. The van der Waals surface area contributed by atoms with Crippen molar-refractivity contribution in [3.05, 3.63) is 54.2 Å². The van der Waals surface area contributed by atoms with Gasteiger partial charge >= 0.3 is 0 Å². The maximum absolute atomic E-state index is 12.2. The molecule has 3 heterocycles. The summed E-state index contributed by atoms with van der Waals surface area (Å²) in [4.78, 5) is 24.0. The van der Waals surface area contributed by atoms with E-state index in [0.29, 0.717) is 5.69 Å². The monoisotopic (exact) mass is 393 g/mol. The standard InChI is InChI=1S/C21H23N5O3/c27-19(10-11-22-21(28)17-8-5-13-29-17)23-16-7-4-6-15(14-16)20-25-24-18-9-2-1-3-12-26(18)20/h4-8,13-14H,1-3,9-12H2,(H,22,28)(H,23,27). The molecule has 29 heavy (non-hydrogen) atoms. The van der Waals surface area contributed by atoms with Crippen molar-refractivity contribution in [1.29, 1.82) is 0 Å². The molecule has 0 atom stereocenters. The van der Waals surface area contributed by atoms with Crippen LogP contribution in [0.15, 0.2) is 47.1 Å². The largest absolute Gasteiger partial charge is 0.459 e. The van der Waals surface area contributed by atoms with Crippen LogP contribution in [0, 0.1) is 0 Å². The van der Waals surface area contributed by atoms with Crippen LogP contribution in [-0.4, -0.2) is 33.1 Å². The molecule has 8 heteroatoms. The van der Waals surface area contributed by atoms with Crippen molar-refractivity contribution in [1.82, 2.24) is 20.1 Å². The Kier molecular flexibility index (Phi) is 5.69. The minimum absolute atomic E-state index is 0.164. The smallest absolute Gasteiger partial charge is 0.286 e. The minimum atomic E-state index is -0.336. The number of anilines is 1. The Morgan fingerprint density at radius 2 is 2.03 bits per heavy atom. The summed E-state index contributed by atoms with van der Waals surface area (Å²) in [5.74, 6) is 1.58. The molecule has 1 aromatic carbocycles. The van der Waals surface area contributed by atoms with E-state index in [1.807, 2.05) is 24.3 Å². The first-order chi connectivity index (χ1) is 14.2. The van der Waals surface area contributed by atoms with Crippen molar-refractivity contribution in [2.75, 3.05) is 11.9 Å². The Balaban J connectivity index is 1.36. The summed E-state index contributed by atoms with van der Waals surface area (Å²) in [6, 6.07) is 10.8. The highest BCUT2D eigenvalue weighted by Gasteiger charge is 2.16. The van der Waals surface area contributed by atoms with Gasteiger partial charge in [0.25, 0.3) is 5.91 Å². The van der Waals surface area contributed by atoms with Gasteiger partial charge in [0.15, 0.2) is 11.6 Å². The number of nitrogens with zero attached hydrogens (tertiary/aromatic N) is 3. The van der Waals surface area contributed by atoms with Crippen molar-refractivity contribution in [3.8, 4) is 11.4 Å². The van der Waals surface area contributed by atoms with Gasteiger partial charge in [0.1, 0.15) is 5.82 Å². The summed E-state index contributed by atoms with van der Waals surface area (Å²) < 4.78 is 7.20. The van der Waals surface area contributed by atoms with E-state index in [2.05, 4.69) is 25.4 Å². The first-order valence-electron chi connectivity index (χ1n) is 9.85. The van der Waals surface area contributed by atoms with E-state index in [1.54, 1.807) is 12.1 Å². The maximum Gasteiger partial charge on any atom is 0.286 e. The zero-order valence-electron chi connectivity index (χ0n) is 16.1. The molecule has 0 radical (unpaired) electrons. The number of nitrogens with one attached hydrogen (secondary N) is 2. The third kappa shape index (κ3) is 4.53. The number of benzene rings is 1. The van der Waals surface area contributed by atoms with E-state index in [1.165, 1.54) is 12.7 Å². The summed E-state index contributed by atoms with van der Waals surface area (Å²) in [7, 11) is 0. The lowest BCUT2D eigenvalue weighted by Crippen LogP contribution is -2.27. The number of carbonyl (C=O) groups excluding carboxylic acids is 2. The molecule has 2 N–H and O–H groups in total. The van der Waals surface area contributed by atoms with Crippen LogP contribution >= 0.6 is 0 Å². The lowest BCUT2D eigenvalue weighted by atomic mass is 10.2. The number of aromatic nitrogens is 3. The average molecular weight is 393 g/mol. The molecule has 1 aliphatic rings. The Bertz CT molecular complexity index is 994. The van der Waals surface area contributed by atoms with Gasteiger partial charge in [-0.05, 0) is 37.1 Å². The van der Waals surface area contributed by atoms with Crippen LogP contribution in [0.2, 0.25) is 0 Å². The van der Waals surface area contributed by atoms with E-state index in [4.69, 9.17) is 4.42 Å². The van der Waals surface area contributed by atoms with Gasteiger partial charge in [-0.15, -0.1) is 10.2 Å². The van der Waals surface area contributed by atoms with Gasteiger partial charge in [0.2, 0.25) is 5.91 Å². The van der Waals surface area contributed by atoms with Crippen LogP contribution in [0.4, 0.5) is 5.69 Å². The number of furan rings is 1. The zero-order valence-corrected chi connectivity index (χ0v) is 16.1. The van der Waals surface area contributed by atoms with Crippen molar-refractivity contribution in [3.63, 3.8) is 0 Å². The van der Waals surface area contributed by atoms with Crippen molar-refractivity contribution < 1.29 is 14.0 Å². The number of aryl methyl sites for hydroxylation is 1. The quantitative estimate of drug-likeness (QED) is 0.670. The highest BCUT2D eigenvalue weighted by atomic mass is 16.3. The lowest BCUT2D eigenvalue weighted by molar-refractivity contribution is -0.116. The first-order valence-corrected chi connectivity index (χ1v) is 9.85. The van der Waals surface area contributed by atoms with Gasteiger partial charge in [-0.25, -0.2) is 0 Å². The van der Waals surface area contributed by atoms with Crippen molar-refractivity contribution >= 4 is 17.5 Å². The number of fused-ring (bicyclic) bond motifs is 1. The van der Waals surface area contributed by atoms with Crippen molar-refractivity contribution in [2.24, 2.45) is 0 Å². The summed E-state index contributed by atoms with van der Waals surface area (Å²) >= 11 is 0. The van der Waals surface area contributed by atoms with Crippen LogP contribution in [-0.2, 0) is 17.8 Å². The van der Waals surface area contributed by atoms with E-state index in [9.17, 15) is 9.59 Å². The normalized spacial score (nSPS) is 13.4. The molecule has 0 saturated heterocycles. The van der Waals surface area contributed by atoms with Gasteiger partial charge in [-0.2, -0.15) is 0 Å². The molecule has 2 aromatic heterocycles. The lowest BCUT2D eigenvalue weighted by Gasteiger charge is -2.10. The molecular formula is C21H23N5O3. The Hall–Kier alpha value is -3.42. The molecule has 0 unspecified atom stereocenters. The molecule has 3 aromatic rings. The zero-order chi connectivity index (χ0) is 20.1. The molecule has 0 fully saturated rings. The SMILES string of the molecule is O=C(CCNC(=O)c1ccco1)Nc1cccc(-c2nnc3n2CCCCC3)c1. The van der Waals surface area contributed by atoms with E-state index in [-0.39, 0.29) is 30.5 Å². The second-order valence-corrected chi connectivity index (χ2v) is 7.01. The topological polar surface area (TPSA) is 102 Å². The van der Waals surface area contributed by atoms with E-state index in [0.717, 1.165) is 43.0 Å². The maximum atomic E-state index is 12.2. The average Bonchev–Trinajstić information content (AvgIpc) is 3.34. The predicted molar refractivity (Wildman–Crippen MR) is 107 cm³/mol. The molecule has 0 spiro atoms. The van der Waals surface area contributed by atoms with Gasteiger partial charge in [-0.1, -0.05) is 18.6 Å². The van der Waals surface area contributed by atoms with Crippen LogP contribution in [0.5, 0.6) is 0 Å². The third-order valence-electron chi connectivity index (χ3n) is 4.90. The fraction of sp³-hybridized carbons (Fsp3) is 0.333. The number of hydrogen-bond donors (Lipinski definition) is 2. The second kappa shape index (κ2) is 8.72. The molecule has 0 bridgehead atoms. The third-order valence-corrected chi connectivity index (χ3v) is 4.90. The number of amides is 2. The molecule has 0 saturated carbocycles. The summed E-state index contributed by atoms with van der Waals surface area (Å²) in [6.45, 7) is 1.15. The Labute approximate surface area is 168 Å².